The van der Waals surface area contributed by atoms with Gasteiger partial charge in [-0.15, -0.1) is 0 Å². The van der Waals surface area contributed by atoms with Crippen LogP contribution in [-0.2, 0) is 13.6 Å². The van der Waals surface area contributed by atoms with Gasteiger partial charge in [0.05, 0.1) is 24.9 Å². The molecule has 1 fully saturated rings. The van der Waals surface area contributed by atoms with Gasteiger partial charge in [-0.05, 0) is 31.0 Å². The molecule has 1 aromatic carbocycles. The number of ether oxygens (including phenoxy) is 1. The second-order valence-corrected chi connectivity index (χ2v) is 6.46. The third-order valence-electron chi connectivity index (χ3n) is 4.29. The lowest BCUT2D eigenvalue weighted by Gasteiger charge is -2.09. The zero-order valence-electron chi connectivity index (χ0n) is 14.0. The van der Waals surface area contributed by atoms with Gasteiger partial charge in [0, 0.05) is 24.0 Å². The molecule has 0 saturated heterocycles. The van der Waals surface area contributed by atoms with Crippen molar-refractivity contribution in [3.63, 3.8) is 0 Å². The van der Waals surface area contributed by atoms with Crippen molar-refractivity contribution in [2.24, 2.45) is 7.05 Å². The fraction of sp³-hybridized carbons (Fsp3) is 0.412. The lowest BCUT2D eigenvalue weighted by atomic mass is 10.1. The van der Waals surface area contributed by atoms with Gasteiger partial charge in [-0.25, -0.2) is 9.48 Å². The van der Waals surface area contributed by atoms with Crippen LogP contribution in [0.25, 0.3) is 0 Å². The average Bonchev–Trinajstić information content (AvgIpc) is 3.23. The lowest BCUT2D eigenvalue weighted by molar-refractivity contribution is 0.239. The first-order chi connectivity index (χ1) is 11.5. The Hall–Kier alpha value is -2.21. The third-order valence-corrected chi connectivity index (χ3v) is 4.53. The van der Waals surface area contributed by atoms with Crippen LogP contribution in [-0.4, -0.2) is 29.0 Å². The van der Waals surface area contributed by atoms with Crippen molar-refractivity contribution in [1.82, 2.24) is 20.4 Å². The van der Waals surface area contributed by atoms with Gasteiger partial charge in [0.2, 0.25) is 5.88 Å². The molecule has 128 valence electrons. The van der Waals surface area contributed by atoms with Crippen molar-refractivity contribution in [1.29, 1.82) is 0 Å². The van der Waals surface area contributed by atoms with E-state index in [1.165, 1.54) is 0 Å². The Morgan fingerprint density at radius 2 is 2.29 bits per heavy atom. The molecule has 1 saturated carbocycles. The fourth-order valence-electron chi connectivity index (χ4n) is 2.99. The number of hydrogen-bond donors (Lipinski definition) is 2. The smallest absolute Gasteiger partial charge is 0.315 e. The minimum absolute atomic E-state index is 0.153. The zero-order chi connectivity index (χ0) is 17.3. The van der Waals surface area contributed by atoms with Crippen molar-refractivity contribution in [3.8, 4) is 5.88 Å². The SMILES string of the molecule is COc1c(CNC(=O)NC2CC2c2cccc(Cl)c2)c(C)nn1C. The average molecular weight is 349 g/mol. The second-order valence-electron chi connectivity index (χ2n) is 6.03. The first-order valence-corrected chi connectivity index (χ1v) is 8.23. The number of benzene rings is 1. The Kier molecular flexibility index (Phi) is 4.66. The van der Waals surface area contributed by atoms with Crippen molar-refractivity contribution in [2.75, 3.05) is 7.11 Å². The zero-order valence-corrected chi connectivity index (χ0v) is 14.7. The van der Waals surface area contributed by atoms with Crippen LogP contribution in [0.1, 0.15) is 29.2 Å². The summed E-state index contributed by atoms with van der Waals surface area (Å²) in [5.74, 6) is 1.00. The molecule has 0 bridgehead atoms. The van der Waals surface area contributed by atoms with Gasteiger partial charge < -0.3 is 15.4 Å². The van der Waals surface area contributed by atoms with Crippen molar-refractivity contribution in [2.45, 2.75) is 31.8 Å². The molecule has 1 aliphatic carbocycles. The van der Waals surface area contributed by atoms with Crippen LogP contribution in [0.4, 0.5) is 4.79 Å². The van der Waals surface area contributed by atoms with Gasteiger partial charge in [0.1, 0.15) is 0 Å². The van der Waals surface area contributed by atoms with E-state index in [9.17, 15) is 4.79 Å². The summed E-state index contributed by atoms with van der Waals surface area (Å²) in [4.78, 5) is 12.1. The fourth-order valence-corrected chi connectivity index (χ4v) is 3.19. The number of rotatable bonds is 5. The Morgan fingerprint density at radius 3 is 3.00 bits per heavy atom. The van der Waals surface area contributed by atoms with E-state index in [0.29, 0.717) is 18.3 Å². The highest BCUT2D eigenvalue weighted by molar-refractivity contribution is 6.30. The minimum Gasteiger partial charge on any atom is -0.481 e. The lowest BCUT2D eigenvalue weighted by Crippen LogP contribution is -2.37. The van der Waals surface area contributed by atoms with Crippen LogP contribution >= 0.6 is 11.6 Å². The van der Waals surface area contributed by atoms with Gasteiger partial charge >= 0.3 is 6.03 Å². The Morgan fingerprint density at radius 1 is 1.50 bits per heavy atom. The van der Waals surface area contributed by atoms with Crippen LogP contribution in [0, 0.1) is 6.92 Å². The number of nitrogens with one attached hydrogen (secondary N) is 2. The molecule has 3 rings (SSSR count). The number of methoxy groups -OCH3 is 1. The van der Waals surface area contributed by atoms with E-state index in [4.69, 9.17) is 16.3 Å². The van der Waals surface area contributed by atoms with E-state index < -0.39 is 0 Å². The second kappa shape index (κ2) is 6.73. The van der Waals surface area contributed by atoms with E-state index in [1.807, 2.05) is 38.2 Å². The molecule has 2 amide bonds. The predicted octanol–water partition coefficient (Wildman–Crippen LogP) is 2.75. The number of hydrogen-bond acceptors (Lipinski definition) is 3. The number of halogens is 1. The molecule has 2 atom stereocenters. The summed E-state index contributed by atoms with van der Waals surface area (Å²) in [7, 11) is 3.41. The molecule has 1 heterocycles. The molecule has 6 nitrogen and oxygen atoms in total. The van der Waals surface area contributed by atoms with Gasteiger partial charge in [-0.1, -0.05) is 23.7 Å². The van der Waals surface area contributed by atoms with Gasteiger partial charge in [-0.3, -0.25) is 0 Å². The Balaban J connectivity index is 1.53. The van der Waals surface area contributed by atoms with E-state index >= 15 is 0 Å². The Bertz CT molecular complexity index is 759. The van der Waals surface area contributed by atoms with E-state index in [2.05, 4.69) is 15.7 Å². The maximum Gasteiger partial charge on any atom is 0.315 e. The number of aromatic nitrogens is 2. The molecule has 2 aromatic rings. The Labute approximate surface area is 146 Å². The van der Waals surface area contributed by atoms with Crippen LogP contribution in [0.5, 0.6) is 5.88 Å². The van der Waals surface area contributed by atoms with Crippen molar-refractivity contribution < 1.29 is 9.53 Å². The highest BCUT2D eigenvalue weighted by Crippen LogP contribution is 2.41. The molecule has 1 aliphatic rings. The third kappa shape index (κ3) is 3.48. The van der Waals surface area contributed by atoms with Crippen LogP contribution in [0.15, 0.2) is 24.3 Å². The minimum atomic E-state index is -0.185. The number of aryl methyl sites for hydroxylation is 2. The maximum absolute atomic E-state index is 12.1. The topological polar surface area (TPSA) is 68.2 Å². The van der Waals surface area contributed by atoms with Gasteiger partial charge in [-0.2, -0.15) is 5.10 Å². The van der Waals surface area contributed by atoms with E-state index in [0.717, 1.165) is 28.3 Å². The molecular formula is C17H21ClN4O2. The normalized spacial score (nSPS) is 19.0. The monoisotopic (exact) mass is 348 g/mol. The summed E-state index contributed by atoms with van der Waals surface area (Å²) in [5, 5.41) is 10.9. The molecule has 2 N–H and O–H groups in total. The van der Waals surface area contributed by atoms with Crippen LogP contribution in [0.3, 0.4) is 0 Å². The highest BCUT2D eigenvalue weighted by Gasteiger charge is 2.39. The van der Waals surface area contributed by atoms with E-state index in [1.54, 1.807) is 11.8 Å². The van der Waals surface area contributed by atoms with Gasteiger partial charge in [0.25, 0.3) is 0 Å². The summed E-state index contributed by atoms with van der Waals surface area (Å²) >= 11 is 6.01. The first kappa shape index (κ1) is 16.6. The summed E-state index contributed by atoms with van der Waals surface area (Å²) in [5.41, 5.74) is 2.90. The predicted molar refractivity (Wildman–Crippen MR) is 92.5 cm³/mol. The summed E-state index contributed by atoms with van der Waals surface area (Å²) in [6.45, 7) is 2.27. The molecule has 0 radical (unpaired) electrons. The number of carbonyl (C=O) groups is 1. The quantitative estimate of drug-likeness (QED) is 0.873. The largest absolute Gasteiger partial charge is 0.481 e. The number of nitrogens with zero attached hydrogens (tertiary/aromatic N) is 2. The number of amides is 2. The molecule has 1 aromatic heterocycles. The number of urea groups is 1. The van der Waals surface area contributed by atoms with Crippen LogP contribution in [0.2, 0.25) is 5.02 Å². The standard InChI is InChI=1S/C17H21ClN4O2/c1-10-14(16(24-3)22(2)21-10)9-19-17(23)20-15-8-13(15)11-5-4-6-12(18)7-11/h4-7,13,15H,8-9H2,1-3H3,(H2,19,20,23). The molecule has 0 aliphatic heterocycles. The van der Waals surface area contributed by atoms with Crippen molar-refractivity contribution in [3.05, 3.63) is 46.1 Å². The molecular weight excluding hydrogens is 328 g/mol. The first-order valence-electron chi connectivity index (χ1n) is 7.86. The molecule has 0 spiro atoms. The van der Waals surface area contributed by atoms with E-state index in [-0.39, 0.29) is 12.1 Å². The van der Waals surface area contributed by atoms with Crippen LogP contribution < -0.4 is 15.4 Å². The molecule has 24 heavy (non-hydrogen) atoms. The summed E-state index contributed by atoms with van der Waals surface area (Å²) < 4.78 is 6.99. The maximum atomic E-state index is 12.1. The van der Waals surface area contributed by atoms with Gasteiger partial charge in [0.15, 0.2) is 0 Å². The molecule has 2 unspecified atom stereocenters. The molecule has 7 heteroatoms. The number of carbonyl (C=O) groups excluding carboxylic acids is 1. The summed E-state index contributed by atoms with van der Waals surface area (Å²) in [6, 6.07) is 7.75. The van der Waals surface area contributed by atoms with Crippen molar-refractivity contribution >= 4 is 17.6 Å². The highest BCUT2D eigenvalue weighted by atomic mass is 35.5. The summed E-state index contributed by atoms with van der Waals surface area (Å²) in [6.07, 6.45) is 0.934.